The number of hydrogen-bond acceptors (Lipinski definition) is 4. The average molecular weight is 226 g/mol. The zero-order chi connectivity index (χ0) is 11.4. The molecule has 1 N–H and O–H groups in total. The maximum atomic E-state index is 11.9. The third-order valence-corrected chi connectivity index (χ3v) is 3.76. The largest absolute Gasteiger partial charge is 0.468 e. The van der Waals surface area contributed by atoms with E-state index in [1.807, 2.05) is 0 Å². The molecule has 0 aromatic rings. The van der Waals surface area contributed by atoms with E-state index in [0.717, 1.165) is 39.0 Å². The Morgan fingerprint density at radius 3 is 2.62 bits per heavy atom. The second-order valence-electron chi connectivity index (χ2n) is 4.94. The predicted molar refractivity (Wildman–Crippen MR) is 62.3 cm³/mol. The average Bonchev–Trinajstić information content (AvgIpc) is 2.79. The fraction of sp³-hybridized carbons (Fsp3) is 0.917. The minimum Gasteiger partial charge on any atom is -0.468 e. The molecular weight excluding hydrogens is 204 g/mol. The Bertz CT molecular complexity index is 243. The molecule has 0 aromatic carbocycles. The van der Waals surface area contributed by atoms with Crippen LogP contribution in [0.15, 0.2) is 0 Å². The predicted octanol–water partition coefficient (Wildman–Crippen LogP) is 0.767. The summed E-state index contributed by atoms with van der Waals surface area (Å²) in [6.45, 7) is 4.00. The molecule has 1 unspecified atom stereocenters. The maximum absolute atomic E-state index is 11.9. The van der Waals surface area contributed by atoms with Crippen molar-refractivity contribution in [2.75, 3.05) is 33.3 Å². The number of carbonyl (C=O) groups is 1. The quantitative estimate of drug-likeness (QED) is 0.722. The highest BCUT2D eigenvalue weighted by molar-refractivity contribution is 5.81. The van der Waals surface area contributed by atoms with Crippen LogP contribution >= 0.6 is 0 Å². The summed E-state index contributed by atoms with van der Waals surface area (Å²) in [7, 11) is 1.49. The smallest absolute Gasteiger partial charge is 0.327 e. The van der Waals surface area contributed by atoms with E-state index < -0.39 is 5.54 Å². The van der Waals surface area contributed by atoms with Gasteiger partial charge in [0.05, 0.1) is 7.11 Å². The van der Waals surface area contributed by atoms with Crippen molar-refractivity contribution in [3.63, 3.8) is 0 Å². The first-order chi connectivity index (χ1) is 7.77. The number of piperidine rings is 1. The van der Waals surface area contributed by atoms with Crippen LogP contribution in [0.2, 0.25) is 0 Å². The molecule has 1 atom stereocenters. The minimum absolute atomic E-state index is 0.0874. The van der Waals surface area contributed by atoms with Gasteiger partial charge in [-0.25, -0.2) is 0 Å². The highest BCUT2D eigenvalue weighted by Gasteiger charge is 2.43. The van der Waals surface area contributed by atoms with Crippen molar-refractivity contribution in [1.82, 2.24) is 10.2 Å². The normalized spacial score (nSPS) is 31.6. The molecule has 0 aromatic heterocycles. The zero-order valence-corrected chi connectivity index (χ0v) is 10.1. The SMILES string of the molecule is COC(=O)C1(CN2CCCCC2)CCCN1. The summed E-state index contributed by atoms with van der Waals surface area (Å²) in [6.07, 6.45) is 5.84. The Balaban J connectivity index is 1.98. The van der Waals surface area contributed by atoms with Gasteiger partial charge in [-0.1, -0.05) is 6.42 Å². The number of esters is 1. The number of methoxy groups -OCH3 is 1. The lowest BCUT2D eigenvalue weighted by Crippen LogP contribution is -2.56. The van der Waals surface area contributed by atoms with Crippen molar-refractivity contribution in [2.24, 2.45) is 0 Å². The number of hydrogen-bond donors (Lipinski definition) is 1. The topological polar surface area (TPSA) is 41.6 Å². The Morgan fingerprint density at radius 2 is 2.06 bits per heavy atom. The van der Waals surface area contributed by atoms with Gasteiger partial charge in [0.15, 0.2) is 0 Å². The lowest BCUT2D eigenvalue weighted by molar-refractivity contribution is -0.149. The van der Waals surface area contributed by atoms with Crippen LogP contribution in [0.4, 0.5) is 0 Å². The molecule has 4 nitrogen and oxygen atoms in total. The molecule has 2 aliphatic rings. The first-order valence-corrected chi connectivity index (χ1v) is 6.33. The van der Waals surface area contributed by atoms with Crippen molar-refractivity contribution >= 4 is 5.97 Å². The third-order valence-electron chi connectivity index (χ3n) is 3.76. The molecule has 4 heteroatoms. The van der Waals surface area contributed by atoms with Gasteiger partial charge in [0, 0.05) is 6.54 Å². The van der Waals surface area contributed by atoms with Gasteiger partial charge in [-0.2, -0.15) is 0 Å². The van der Waals surface area contributed by atoms with E-state index in [2.05, 4.69) is 10.2 Å². The van der Waals surface area contributed by atoms with E-state index in [1.54, 1.807) is 0 Å². The summed E-state index contributed by atoms with van der Waals surface area (Å²) < 4.78 is 4.95. The summed E-state index contributed by atoms with van der Waals surface area (Å²) in [5.41, 5.74) is -0.425. The van der Waals surface area contributed by atoms with E-state index in [1.165, 1.54) is 26.4 Å². The number of nitrogens with one attached hydrogen (secondary N) is 1. The van der Waals surface area contributed by atoms with E-state index in [9.17, 15) is 4.79 Å². The van der Waals surface area contributed by atoms with Gasteiger partial charge in [-0.15, -0.1) is 0 Å². The molecule has 16 heavy (non-hydrogen) atoms. The van der Waals surface area contributed by atoms with Gasteiger partial charge >= 0.3 is 5.97 Å². The molecule has 0 radical (unpaired) electrons. The Labute approximate surface area is 97.3 Å². The van der Waals surface area contributed by atoms with Crippen LogP contribution in [0.1, 0.15) is 32.1 Å². The number of ether oxygens (including phenoxy) is 1. The van der Waals surface area contributed by atoms with Gasteiger partial charge < -0.3 is 15.0 Å². The second-order valence-corrected chi connectivity index (χ2v) is 4.94. The van der Waals surface area contributed by atoms with E-state index in [4.69, 9.17) is 4.74 Å². The van der Waals surface area contributed by atoms with E-state index in [-0.39, 0.29) is 5.97 Å². The van der Waals surface area contributed by atoms with Crippen LogP contribution in [0.5, 0.6) is 0 Å². The number of rotatable bonds is 3. The maximum Gasteiger partial charge on any atom is 0.327 e. The Hall–Kier alpha value is -0.610. The lowest BCUT2D eigenvalue weighted by atomic mass is 9.95. The molecule has 2 saturated heterocycles. The molecule has 0 spiro atoms. The number of nitrogens with zero attached hydrogens (tertiary/aromatic N) is 1. The lowest BCUT2D eigenvalue weighted by Gasteiger charge is -2.35. The monoisotopic (exact) mass is 226 g/mol. The van der Waals surface area contributed by atoms with Crippen molar-refractivity contribution < 1.29 is 9.53 Å². The highest BCUT2D eigenvalue weighted by Crippen LogP contribution is 2.23. The molecule has 92 valence electrons. The first kappa shape index (κ1) is 11.9. The summed E-state index contributed by atoms with van der Waals surface area (Å²) in [4.78, 5) is 14.3. The fourth-order valence-electron chi connectivity index (χ4n) is 2.87. The van der Waals surface area contributed by atoms with Crippen LogP contribution in [0, 0.1) is 0 Å². The molecule has 0 bridgehead atoms. The van der Waals surface area contributed by atoms with Crippen molar-refractivity contribution in [1.29, 1.82) is 0 Å². The molecule has 0 saturated carbocycles. The Morgan fingerprint density at radius 1 is 1.31 bits per heavy atom. The van der Waals surface area contributed by atoms with Gasteiger partial charge in [0.1, 0.15) is 5.54 Å². The van der Waals surface area contributed by atoms with E-state index >= 15 is 0 Å². The molecule has 0 aliphatic carbocycles. The Kier molecular flexibility index (Phi) is 3.82. The van der Waals surface area contributed by atoms with Crippen LogP contribution in [0.3, 0.4) is 0 Å². The molecule has 0 amide bonds. The summed E-state index contributed by atoms with van der Waals surface area (Å²) in [5.74, 6) is -0.0874. The van der Waals surface area contributed by atoms with Crippen LogP contribution < -0.4 is 5.32 Å². The van der Waals surface area contributed by atoms with Crippen molar-refractivity contribution in [2.45, 2.75) is 37.6 Å². The molecule has 2 aliphatic heterocycles. The number of carbonyl (C=O) groups excluding carboxylic acids is 1. The zero-order valence-electron chi connectivity index (χ0n) is 10.1. The first-order valence-electron chi connectivity index (χ1n) is 6.33. The molecule has 2 heterocycles. The summed E-state index contributed by atoms with van der Waals surface area (Å²) >= 11 is 0. The van der Waals surface area contributed by atoms with Gasteiger partial charge in [-0.05, 0) is 45.3 Å². The fourth-order valence-corrected chi connectivity index (χ4v) is 2.87. The highest BCUT2D eigenvalue weighted by atomic mass is 16.5. The van der Waals surface area contributed by atoms with Gasteiger partial charge in [-0.3, -0.25) is 4.79 Å². The minimum atomic E-state index is -0.425. The molecule has 2 fully saturated rings. The third kappa shape index (κ3) is 2.38. The van der Waals surface area contributed by atoms with Gasteiger partial charge in [0.2, 0.25) is 0 Å². The standard InChI is InChI=1S/C12H22N2O2/c1-16-11(15)12(6-5-7-13-12)10-14-8-3-2-4-9-14/h13H,2-10H2,1H3. The van der Waals surface area contributed by atoms with Crippen LogP contribution in [0.25, 0.3) is 0 Å². The van der Waals surface area contributed by atoms with Gasteiger partial charge in [0.25, 0.3) is 0 Å². The van der Waals surface area contributed by atoms with Crippen LogP contribution in [-0.4, -0.2) is 49.7 Å². The summed E-state index contributed by atoms with van der Waals surface area (Å²) in [5, 5.41) is 3.35. The number of likely N-dealkylation sites (tertiary alicyclic amines) is 1. The van der Waals surface area contributed by atoms with Crippen molar-refractivity contribution in [3.8, 4) is 0 Å². The van der Waals surface area contributed by atoms with Crippen molar-refractivity contribution in [3.05, 3.63) is 0 Å². The summed E-state index contributed by atoms with van der Waals surface area (Å²) in [6, 6.07) is 0. The second kappa shape index (κ2) is 5.15. The molecular formula is C12H22N2O2. The van der Waals surface area contributed by atoms with Crippen LogP contribution in [-0.2, 0) is 9.53 Å². The van der Waals surface area contributed by atoms with E-state index in [0.29, 0.717) is 0 Å². The molecule has 2 rings (SSSR count).